The fourth-order valence-corrected chi connectivity index (χ4v) is 3.06. The van der Waals surface area contributed by atoms with Crippen LogP contribution in [0.25, 0.3) is 10.8 Å². The highest BCUT2D eigenvalue weighted by Crippen LogP contribution is 2.21. The zero-order valence-electron chi connectivity index (χ0n) is 16.3. The third kappa shape index (κ3) is 4.74. The molecule has 0 saturated heterocycles. The second-order valence-electron chi connectivity index (χ2n) is 7.06. The van der Waals surface area contributed by atoms with E-state index in [1.54, 1.807) is 20.0 Å². The van der Waals surface area contributed by atoms with Gasteiger partial charge in [0.2, 0.25) is 0 Å². The molecule has 28 heavy (non-hydrogen) atoms. The average molecular weight is 376 g/mol. The molecule has 1 aromatic heterocycles. The molecule has 1 N–H and O–H groups in total. The van der Waals surface area contributed by atoms with Gasteiger partial charge in [-0.1, -0.05) is 54.1 Å². The fourth-order valence-electron chi connectivity index (χ4n) is 3.06. The minimum absolute atomic E-state index is 0.0533. The topological polar surface area (TPSA) is 68.3 Å². The number of pyridine rings is 1. The first-order valence-electron chi connectivity index (χ1n) is 9.34. The number of rotatable bonds is 6. The summed E-state index contributed by atoms with van der Waals surface area (Å²) in [6.07, 6.45) is 1.46. The van der Waals surface area contributed by atoms with Crippen molar-refractivity contribution in [2.24, 2.45) is 0 Å². The number of aromatic nitrogens is 1. The van der Waals surface area contributed by atoms with Crippen molar-refractivity contribution in [2.45, 2.75) is 39.3 Å². The van der Waals surface area contributed by atoms with Crippen molar-refractivity contribution in [3.8, 4) is 0 Å². The summed E-state index contributed by atoms with van der Waals surface area (Å²) in [6, 6.07) is 16.7. The number of esters is 1. The van der Waals surface area contributed by atoms with E-state index in [9.17, 15) is 9.59 Å². The number of carbonyl (C=O) groups is 2. The molecule has 1 heterocycles. The second-order valence-corrected chi connectivity index (χ2v) is 7.06. The van der Waals surface area contributed by atoms with Crippen molar-refractivity contribution in [3.05, 3.63) is 77.6 Å². The van der Waals surface area contributed by atoms with Gasteiger partial charge in [0.1, 0.15) is 5.69 Å². The van der Waals surface area contributed by atoms with Crippen LogP contribution >= 0.6 is 0 Å². The quantitative estimate of drug-likeness (QED) is 0.649. The van der Waals surface area contributed by atoms with Gasteiger partial charge in [0.05, 0.1) is 18.6 Å². The van der Waals surface area contributed by atoms with Gasteiger partial charge in [0.15, 0.2) is 0 Å². The number of carbonyl (C=O) groups excluding carboxylic acids is 2. The van der Waals surface area contributed by atoms with Crippen LogP contribution in [0.15, 0.2) is 60.8 Å². The van der Waals surface area contributed by atoms with Gasteiger partial charge < -0.3 is 10.1 Å². The maximum absolute atomic E-state index is 13.0. The van der Waals surface area contributed by atoms with Crippen molar-refractivity contribution in [1.82, 2.24) is 10.3 Å². The number of amides is 1. The minimum Gasteiger partial charge on any atom is -0.463 e. The van der Waals surface area contributed by atoms with E-state index in [0.717, 1.165) is 21.9 Å². The molecule has 5 heteroatoms. The van der Waals surface area contributed by atoms with E-state index < -0.39 is 6.04 Å². The zero-order chi connectivity index (χ0) is 20.1. The van der Waals surface area contributed by atoms with Gasteiger partial charge >= 0.3 is 5.97 Å². The number of ether oxygens (including phenoxy) is 1. The lowest BCUT2D eigenvalue weighted by atomic mass is 10.0. The molecule has 5 nitrogen and oxygen atoms in total. The molecule has 0 spiro atoms. The molecule has 0 saturated carbocycles. The van der Waals surface area contributed by atoms with Crippen molar-refractivity contribution < 1.29 is 14.3 Å². The van der Waals surface area contributed by atoms with Crippen LogP contribution in [-0.2, 0) is 9.53 Å². The van der Waals surface area contributed by atoms with Crippen LogP contribution in [0.4, 0.5) is 0 Å². The maximum atomic E-state index is 13.0. The molecule has 2 aromatic carbocycles. The van der Waals surface area contributed by atoms with E-state index in [4.69, 9.17) is 4.74 Å². The van der Waals surface area contributed by atoms with Crippen LogP contribution in [0, 0.1) is 6.92 Å². The van der Waals surface area contributed by atoms with E-state index in [1.165, 1.54) is 0 Å². The number of hydrogen-bond acceptors (Lipinski definition) is 4. The molecular formula is C23H24N2O3. The van der Waals surface area contributed by atoms with Crippen molar-refractivity contribution in [1.29, 1.82) is 0 Å². The molecule has 0 fully saturated rings. The second kappa shape index (κ2) is 8.65. The summed E-state index contributed by atoms with van der Waals surface area (Å²) in [7, 11) is 0. The Kier molecular flexibility index (Phi) is 6.04. The van der Waals surface area contributed by atoms with E-state index in [-0.39, 0.29) is 24.4 Å². The highest BCUT2D eigenvalue weighted by molar-refractivity contribution is 6.05. The maximum Gasteiger partial charge on any atom is 0.308 e. The lowest BCUT2D eigenvalue weighted by molar-refractivity contribution is -0.147. The molecule has 0 bridgehead atoms. The van der Waals surface area contributed by atoms with E-state index in [1.807, 2.05) is 61.5 Å². The Bertz CT molecular complexity index is 975. The molecule has 0 radical (unpaired) electrons. The highest BCUT2D eigenvalue weighted by Gasteiger charge is 2.22. The minimum atomic E-state index is -0.500. The smallest absolute Gasteiger partial charge is 0.308 e. The van der Waals surface area contributed by atoms with Gasteiger partial charge in [-0.2, -0.15) is 0 Å². The third-order valence-corrected chi connectivity index (χ3v) is 4.41. The monoisotopic (exact) mass is 376 g/mol. The van der Waals surface area contributed by atoms with Crippen molar-refractivity contribution in [2.75, 3.05) is 0 Å². The zero-order valence-corrected chi connectivity index (χ0v) is 16.3. The van der Waals surface area contributed by atoms with Gasteiger partial charge in [0.25, 0.3) is 5.91 Å². The summed E-state index contributed by atoms with van der Waals surface area (Å²) >= 11 is 0. The van der Waals surface area contributed by atoms with Crippen LogP contribution in [0.1, 0.15) is 47.9 Å². The van der Waals surface area contributed by atoms with E-state index >= 15 is 0 Å². The lowest BCUT2D eigenvalue weighted by Crippen LogP contribution is -2.31. The Morgan fingerprint density at radius 1 is 1.04 bits per heavy atom. The molecular weight excluding hydrogens is 352 g/mol. The van der Waals surface area contributed by atoms with Crippen LogP contribution in [0.2, 0.25) is 0 Å². The largest absolute Gasteiger partial charge is 0.463 e. The first-order valence-corrected chi connectivity index (χ1v) is 9.34. The summed E-state index contributed by atoms with van der Waals surface area (Å²) in [5.74, 6) is -0.675. The van der Waals surface area contributed by atoms with Crippen LogP contribution in [-0.4, -0.2) is 23.0 Å². The first kappa shape index (κ1) is 19.5. The molecule has 1 amide bonds. The summed E-state index contributed by atoms with van der Waals surface area (Å²) in [5.41, 5.74) is 2.29. The standard InChI is InChI=1S/C23H24N2O3/c1-15(2)28-21(26)14-20(18-10-8-16(3)9-11-18)25-23(27)22-19-7-5-4-6-17(19)12-13-24-22/h4-13,15,20H,14H2,1-3H3,(H,25,27). The number of nitrogens with one attached hydrogen (secondary N) is 1. The Morgan fingerprint density at radius 2 is 1.75 bits per heavy atom. The van der Waals surface area contributed by atoms with Gasteiger partial charge in [-0.3, -0.25) is 14.6 Å². The lowest BCUT2D eigenvalue weighted by Gasteiger charge is -2.20. The molecule has 1 atom stereocenters. The van der Waals surface area contributed by atoms with Crippen molar-refractivity contribution in [3.63, 3.8) is 0 Å². The third-order valence-electron chi connectivity index (χ3n) is 4.41. The molecule has 3 aromatic rings. The summed E-state index contributed by atoms with van der Waals surface area (Å²) in [4.78, 5) is 29.5. The number of hydrogen-bond donors (Lipinski definition) is 1. The Morgan fingerprint density at radius 3 is 2.46 bits per heavy atom. The normalized spacial score (nSPS) is 12.0. The number of nitrogens with zero attached hydrogens (tertiary/aromatic N) is 1. The van der Waals surface area contributed by atoms with Crippen LogP contribution < -0.4 is 5.32 Å². The van der Waals surface area contributed by atoms with Crippen LogP contribution in [0.3, 0.4) is 0 Å². The number of benzene rings is 2. The predicted octanol–water partition coefficient (Wildman–Crippen LogP) is 4.36. The summed E-state index contributed by atoms with van der Waals surface area (Å²) < 4.78 is 5.28. The van der Waals surface area contributed by atoms with Gasteiger partial charge in [-0.05, 0) is 37.8 Å². The van der Waals surface area contributed by atoms with Gasteiger partial charge in [-0.15, -0.1) is 0 Å². The highest BCUT2D eigenvalue weighted by atomic mass is 16.5. The molecule has 0 aliphatic rings. The summed E-state index contributed by atoms with van der Waals surface area (Å²) in [6.45, 7) is 5.60. The number of fused-ring (bicyclic) bond motifs is 1. The molecule has 3 rings (SSSR count). The predicted molar refractivity (Wildman–Crippen MR) is 109 cm³/mol. The van der Waals surface area contributed by atoms with E-state index in [0.29, 0.717) is 5.69 Å². The summed E-state index contributed by atoms with van der Waals surface area (Å²) in [5, 5.41) is 4.67. The average Bonchev–Trinajstić information content (AvgIpc) is 2.67. The Balaban J connectivity index is 1.88. The molecule has 0 aliphatic carbocycles. The Hall–Kier alpha value is -3.21. The van der Waals surface area contributed by atoms with Crippen molar-refractivity contribution >= 4 is 22.6 Å². The SMILES string of the molecule is Cc1ccc(C(CC(=O)OC(C)C)NC(=O)c2nccc3ccccc23)cc1. The van der Waals surface area contributed by atoms with Crippen LogP contribution in [0.5, 0.6) is 0 Å². The first-order chi connectivity index (χ1) is 13.4. The molecule has 0 aliphatic heterocycles. The van der Waals surface area contributed by atoms with Gasteiger partial charge in [-0.25, -0.2) is 0 Å². The van der Waals surface area contributed by atoms with E-state index in [2.05, 4.69) is 10.3 Å². The molecule has 1 unspecified atom stereocenters. The fraction of sp³-hybridized carbons (Fsp3) is 0.261. The van der Waals surface area contributed by atoms with Gasteiger partial charge in [0, 0.05) is 11.6 Å². The molecule has 144 valence electrons. The number of aryl methyl sites for hydroxylation is 1. The Labute approximate surface area is 164 Å².